The third-order valence-electron chi connectivity index (χ3n) is 8.83. The molecule has 7 heteroatoms. The first-order chi connectivity index (χ1) is 23.3. The highest BCUT2D eigenvalue weighted by molar-refractivity contribution is 7.97. The summed E-state index contributed by atoms with van der Waals surface area (Å²) in [7, 11) is 0. The average Bonchev–Trinajstić information content (AvgIpc) is 3.14. The molecule has 1 aliphatic rings. The molecule has 0 N–H and O–H groups in total. The van der Waals surface area contributed by atoms with Gasteiger partial charge in [-0.15, -0.1) is 0 Å². The lowest BCUT2D eigenvalue weighted by atomic mass is 9.81. The Balaban J connectivity index is 1.69. The zero-order valence-corrected chi connectivity index (χ0v) is 26.8. The smallest absolute Gasteiger partial charge is 0.270 e. The second-order valence-corrected chi connectivity index (χ2v) is 14.9. The molecule has 6 nitrogen and oxygen atoms in total. The van der Waals surface area contributed by atoms with E-state index in [1.165, 1.54) is 18.2 Å². The lowest BCUT2D eigenvalue weighted by molar-refractivity contribution is -0.384. The minimum atomic E-state index is -3.11. The molecule has 0 aliphatic heterocycles. The number of carbonyl (C=O) groups excluding carboxylic acids is 3. The third-order valence-corrected chi connectivity index (χ3v) is 13.2. The van der Waals surface area contributed by atoms with Gasteiger partial charge in [0.15, 0.2) is 17.3 Å². The van der Waals surface area contributed by atoms with Crippen molar-refractivity contribution in [2.24, 2.45) is 0 Å². The van der Waals surface area contributed by atoms with Gasteiger partial charge in [0.1, 0.15) is 0 Å². The van der Waals surface area contributed by atoms with Crippen LogP contribution in [-0.2, 0) is 0 Å². The van der Waals surface area contributed by atoms with Gasteiger partial charge in [0.05, 0.1) is 4.92 Å². The molecular formula is C41H28NO5P. The predicted molar refractivity (Wildman–Crippen MR) is 191 cm³/mol. The number of nitro benzene ring substituents is 1. The molecule has 6 aromatic carbocycles. The Morgan fingerprint density at radius 3 is 1.50 bits per heavy atom. The maximum atomic E-state index is 15.4. The van der Waals surface area contributed by atoms with Crippen molar-refractivity contribution in [1.29, 1.82) is 0 Å². The topological polar surface area (TPSA) is 94.3 Å². The van der Waals surface area contributed by atoms with Gasteiger partial charge in [-0.1, -0.05) is 127 Å². The third kappa shape index (κ3) is 4.95. The lowest BCUT2D eigenvalue weighted by Gasteiger charge is -2.33. The largest absolute Gasteiger partial charge is 0.289 e. The van der Waals surface area contributed by atoms with E-state index in [9.17, 15) is 19.7 Å². The van der Waals surface area contributed by atoms with Crippen molar-refractivity contribution in [2.45, 2.75) is 6.92 Å². The second kappa shape index (κ2) is 12.3. The number of non-ortho nitro benzene ring substituents is 1. The van der Waals surface area contributed by atoms with Gasteiger partial charge in [0.25, 0.3) is 5.69 Å². The Morgan fingerprint density at radius 1 is 0.562 bits per heavy atom. The number of carbonyl (C=O) groups is 3. The van der Waals surface area contributed by atoms with E-state index in [-0.39, 0.29) is 33.9 Å². The zero-order chi connectivity index (χ0) is 33.4. The molecule has 0 heterocycles. The normalized spacial score (nSPS) is 12.2. The summed E-state index contributed by atoms with van der Waals surface area (Å²) in [6.07, 6.45) is 0. The van der Waals surface area contributed by atoms with Crippen LogP contribution in [0, 0.1) is 17.0 Å². The Kier molecular flexibility index (Phi) is 7.88. The first-order valence-electron chi connectivity index (χ1n) is 15.4. The molecule has 0 spiro atoms. The molecule has 0 atom stereocenters. The summed E-state index contributed by atoms with van der Waals surface area (Å²) in [5.41, 5.74) is 2.25. The van der Waals surface area contributed by atoms with E-state index in [1.54, 1.807) is 42.5 Å². The maximum Gasteiger partial charge on any atom is 0.270 e. The molecule has 0 saturated carbocycles. The average molecular weight is 646 g/mol. The van der Waals surface area contributed by atoms with Crippen molar-refractivity contribution in [1.82, 2.24) is 0 Å². The highest BCUT2D eigenvalue weighted by atomic mass is 31.2. The maximum absolute atomic E-state index is 15.4. The van der Waals surface area contributed by atoms with Gasteiger partial charge in [-0.05, 0) is 53.0 Å². The molecule has 0 bridgehead atoms. The number of hydrogen-bond acceptors (Lipinski definition) is 5. The minimum Gasteiger partial charge on any atom is -0.289 e. The number of rotatable bonds is 7. The molecule has 0 saturated heterocycles. The molecule has 0 unspecified atom stereocenters. The van der Waals surface area contributed by atoms with Crippen LogP contribution < -0.4 is 15.9 Å². The predicted octanol–water partition coefficient (Wildman–Crippen LogP) is 7.08. The molecule has 6 aromatic rings. The molecule has 1 aliphatic carbocycles. The minimum absolute atomic E-state index is 0.149. The summed E-state index contributed by atoms with van der Waals surface area (Å²) in [6, 6.07) is 45.3. The van der Waals surface area contributed by atoms with Crippen LogP contribution in [0.4, 0.5) is 5.69 Å². The fourth-order valence-electron chi connectivity index (χ4n) is 6.65. The van der Waals surface area contributed by atoms with E-state index < -0.39 is 17.6 Å². The number of fused-ring (bicyclic) bond motifs is 2. The highest BCUT2D eigenvalue weighted by Gasteiger charge is 2.37. The van der Waals surface area contributed by atoms with Crippen LogP contribution in [0.25, 0.3) is 0 Å². The molecule has 0 radical (unpaired) electrons. The van der Waals surface area contributed by atoms with E-state index in [0.717, 1.165) is 15.9 Å². The quantitative estimate of drug-likeness (QED) is 0.0800. The van der Waals surface area contributed by atoms with Crippen LogP contribution in [0.15, 0.2) is 152 Å². The Labute approximate surface area is 277 Å². The van der Waals surface area contributed by atoms with Crippen LogP contribution in [0.1, 0.15) is 53.3 Å². The number of ketones is 3. The van der Waals surface area contributed by atoms with Crippen molar-refractivity contribution in [2.75, 3.05) is 0 Å². The van der Waals surface area contributed by atoms with E-state index in [1.807, 2.05) is 97.9 Å². The monoisotopic (exact) mass is 645 g/mol. The van der Waals surface area contributed by atoms with E-state index in [4.69, 9.17) is 0 Å². The molecule has 0 fully saturated rings. The van der Waals surface area contributed by atoms with Crippen molar-refractivity contribution >= 4 is 51.1 Å². The number of aryl methyl sites for hydroxylation is 1. The summed E-state index contributed by atoms with van der Waals surface area (Å²) in [4.78, 5) is 54.5. The van der Waals surface area contributed by atoms with Gasteiger partial charge in [-0.3, -0.25) is 24.5 Å². The van der Waals surface area contributed by atoms with E-state index in [0.29, 0.717) is 27.5 Å². The summed E-state index contributed by atoms with van der Waals surface area (Å²) in [5, 5.41) is 15.0. The Hall–Kier alpha value is -5.97. The Morgan fingerprint density at radius 2 is 1.02 bits per heavy atom. The van der Waals surface area contributed by atoms with E-state index in [2.05, 4.69) is 0 Å². The Bertz CT molecular complexity index is 2230. The summed E-state index contributed by atoms with van der Waals surface area (Å²) < 4.78 is 0. The number of Topliss-reactive ketones (excluding diaryl/α,β-unsaturated/α-hetero) is 1. The van der Waals surface area contributed by atoms with Crippen LogP contribution in [0.5, 0.6) is 0 Å². The van der Waals surface area contributed by atoms with Crippen LogP contribution in [-0.4, -0.2) is 27.6 Å². The number of nitro groups is 1. The van der Waals surface area contributed by atoms with Crippen molar-refractivity contribution in [3.8, 4) is 0 Å². The highest BCUT2D eigenvalue weighted by Crippen LogP contribution is 2.49. The molecule has 0 aromatic heterocycles. The first-order valence-corrected chi connectivity index (χ1v) is 17.2. The first kappa shape index (κ1) is 30.7. The lowest BCUT2D eigenvalue weighted by Crippen LogP contribution is -2.35. The van der Waals surface area contributed by atoms with Crippen molar-refractivity contribution < 1.29 is 19.3 Å². The van der Waals surface area contributed by atoms with Crippen LogP contribution >= 0.6 is 6.89 Å². The zero-order valence-electron chi connectivity index (χ0n) is 25.9. The van der Waals surface area contributed by atoms with Gasteiger partial charge >= 0.3 is 0 Å². The number of nitrogens with zero attached hydrogens (tertiary/aromatic N) is 1. The molecular weight excluding hydrogens is 617 g/mol. The van der Waals surface area contributed by atoms with Crippen molar-refractivity contribution in [3.05, 3.63) is 201 Å². The molecule has 7 rings (SSSR count). The molecule has 232 valence electrons. The standard InChI is InChI=1S/C41H28NO5P/c1-27-24-36-37(40(45)34-23-12-11-22-33(34)39(36)44)26-35(27)41(38(43)28-14-13-15-29(25-28)42(46)47)48(30-16-5-2-6-17-30,31-18-7-3-8-19-31)32-20-9-4-10-21-32/h2-26H,1H3. The SMILES string of the molecule is Cc1cc2c(cc1C(C(=O)c1cccc([N+](=O)[O-])c1)=P(c1ccccc1)(c1ccccc1)c1ccccc1)C(=O)c1ccccc1C2=O. The summed E-state index contributed by atoms with van der Waals surface area (Å²) in [6.45, 7) is -1.27. The van der Waals surface area contributed by atoms with E-state index >= 15 is 4.79 Å². The molecule has 48 heavy (non-hydrogen) atoms. The molecule has 0 amide bonds. The second-order valence-electron chi connectivity index (χ2n) is 11.6. The number of hydrogen-bond donors (Lipinski definition) is 0. The van der Waals surface area contributed by atoms with Gasteiger partial charge in [-0.2, -0.15) is 0 Å². The number of benzene rings is 6. The van der Waals surface area contributed by atoms with Gasteiger partial charge in [-0.25, -0.2) is 0 Å². The van der Waals surface area contributed by atoms with Gasteiger partial charge < -0.3 is 0 Å². The summed E-state index contributed by atoms with van der Waals surface area (Å²) in [5.74, 6) is -0.954. The van der Waals surface area contributed by atoms with Crippen LogP contribution in [0.2, 0.25) is 0 Å². The van der Waals surface area contributed by atoms with Crippen LogP contribution in [0.3, 0.4) is 0 Å². The summed E-state index contributed by atoms with van der Waals surface area (Å²) >= 11 is 0. The fourth-order valence-corrected chi connectivity index (χ4v) is 11.2. The van der Waals surface area contributed by atoms with Crippen molar-refractivity contribution in [3.63, 3.8) is 0 Å². The fraction of sp³-hybridized carbons (Fsp3) is 0.0244. The van der Waals surface area contributed by atoms with Gasteiger partial charge in [0, 0.05) is 45.2 Å². The van der Waals surface area contributed by atoms with Gasteiger partial charge in [0.2, 0.25) is 0 Å².